The Bertz CT molecular complexity index is 1160. The highest BCUT2D eigenvalue weighted by Crippen LogP contribution is 2.45. The van der Waals surface area contributed by atoms with E-state index < -0.39 is 6.10 Å². The molecule has 0 saturated heterocycles. The molecule has 0 bridgehead atoms. The van der Waals surface area contributed by atoms with E-state index >= 15 is 0 Å². The first-order chi connectivity index (χ1) is 16.1. The number of ether oxygens (including phenoxy) is 5. The smallest absolute Gasteiger partial charge is 0.255 e. The number of benzene rings is 3. The second kappa shape index (κ2) is 9.56. The summed E-state index contributed by atoms with van der Waals surface area (Å²) in [5, 5.41) is 2.95. The minimum Gasteiger partial charge on any atom is -0.497 e. The Morgan fingerprint density at radius 3 is 2.15 bits per heavy atom. The number of para-hydroxylation sites is 1. The molecular formula is C26H25NO6. The number of anilines is 1. The third kappa shape index (κ3) is 4.43. The van der Waals surface area contributed by atoms with Crippen molar-refractivity contribution in [1.82, 2.24) is 0 Å². The Labute approximate surface area is 192 Å². The standard InChI is InChI=1S/C26H25NO6/c1-29-19-11-10-16-12-20(26(28)27-18-8-6-5-7-9-18)24(33-21(16)15-19)17-13-22(30-2)25(32-4)23(14-17)31-3/h5-15,24H,1-4H3,(H,27,28). The van der Waals surface area contributed by atoms with Gasteiger partial charge >= 0.3 is 0 Å². The highest BCUT2D eigenvalue weighted by Gasteiger charge is 2.31. The second-order valence-corrected chi connectivity index (χ2v) is 7.28. The molecule has 0 fully saturated rings. The van der Waals surface area contributed by atoms with Crippen molar-refractivity contribution in [3.63, 3.8) is 0 Å². The van der Waals surface area contributed by atoms with E-state index in [1.165, 1.54) is 7.11 Å². The summed E-state index contributed by atoms with van der Waals surface area (Å²) in [7, 11) is 6.22. The molecule has 0 radical (unpaired) electrons. The summed E-state index contributed by atoms with van der Waals surface area (Å²) in [6.07, 6.45) is 1.10. The van der Waals surface area contributed by atoms with Crippen LogP contribution < -0.4 is 29.0 Å². The maximum absolute atomic E-state index is 13.3. The zero-order chi connectivity index (χ0) is 23.4. The van der Waals surface area contributed by atoms with E-state index in [2.05, 4.69) is 5.32 Å². The molecule has 7 heteroatoms. The van der Waals surface area contributed by atoms with Crippen molar-refractivity contribution in [1.29, 1.82) is 0 Å². The number of rotatable bonds is 7. The minimum absolute atomic E-state index is 0.276. The number of fused-ring (bicyclic) bond motifs is 1. The monoisotopic (exact) mass is 447 g/mol. The number of nitrogens with one attached hydrogen (secondary N) is 1. The van der Waals surface area contributed by atoms with Gasteiger partial charge < -0.3 is 29.0 Å². The third-order valence-corrected chi connectivity index (χ3v) is 5.34. The van der Waals surface area contributed by atoms with Crippen LogP contribution in [0.3, 0.4) is 0 Å². The quantitative estimate of drug-likeness (QED) is 0.557. The summed E-state index contributed by atoms with van der Waals surface area (Å²) < 4.78 is 28.1. The fraction of sp³-hybridized carbons (Fsp3) is 0.192. The van der Waals surface area contributed by atoms with Crippen molar-refractivity contribution in [2.75, 3.05) is 33.8 Å². The Morgan fingerprint density at radius 1 is 0.848 bits per heavy atom. The van der Waals surface area contributed by atoms with Crippen molar-refractivity contribution >= 4 is 17.7 Å². The molecule has 33 heavy (non-hydrogen) atoms. The van der Waals surface area contributed by atoms with E-state index in [0.29, 0.717) is 45.6 Å². The van der Waals surface area contributed by atoms with Crippen molar-refractivity contribution in [3.05, 3.63) is 77.4 Å². The van der Waals surface area contributed by atoms with Crippen LogP contribution in [0.2, 0.25) is 0 Å². The molecule has 1 N–H and O–H groups in total. The molecule has 170 valence electrons. The Hall–Kier alpha value is -4.13. The summed E-state index contributed by atoms with van der Waals surface area (Å²) in [6, 6.07) is 18.3. The van der Waals surface area contributed by atoms with Gasteiger partial charge in [0.05, 0.1) is 34.0 Å². The molecule has 0 saturated carbocycles. The van der Waals surface area contributed by atoms with Crippen LogP contribution in [0, 0.1) is 0 Å². The molecule has 4 rings (SSSR count). The summed E-state index contributed by atoms with van der Waals surface area (Å²) >= 11 is 0. The van der Waals surface area contributed by atoms with Crippen LogP contribution in [0.15, 0.2) is 66.2 Å². The maximum atomic E-state index is 13.3. The van der Waals surface area contributed by atoms with Crippen molar-refractivity contribution in [2.45, 2.75) is 6.10 Å². The van der Waals surface area contributed by atoms with Gasteiger partial charge in [0.15, 0.2) is 17.6 Å². The maximum Gasteiger partial charge on any atom is 0.255 e. The van der Waals surface area contributed by atoms with E-state index in [1.807, 2.05) is 48.5 Å². The van der Waals surface area contributed by atoms with Crippen LogP contribution in [-0.2, 0) is 4.79 Å². The molecule has 1 atom stereocenters. The molecule has 1 amide bonds. The van der Waals surface area contributed by atoms with Crippen LogP contribution in [-0.4, -0.2) is 34.3 Å². The van der Waals surface area contributed by atoms with Gasteiger partial charge in [-0.15, -0.1) is 0 Å². The Kier molecular flexibility index (Phi) is 6.40. The normalized spacial score (nSPS) is 14.3. The van der Waals surface area contributed by atoms with Crippen LogP contribution in [0.4, 0.5) is 5.69 Å². The van der Waals surface area contributed by atoms with Gasteiger partial charge in [-0.25, -0.2) is 0 Å². The van der Waals surface area contributed by atoms with E-state index in [4.69, 9.17) is 23.7 Å². The zero-order valence-electron chi connectivity index (χ0n) is 18.9. The number of carbonyl (C=O) groups excluding carboxylic acids is 1. The van der Waals surface area contributed by atoms with Crippen molar-refractivity contribution < 1.29 is 28.5 Å². The molecule has 7 nitrogen and oxygen atoms in total. The van der Waals surface area contributed by atoms with Crippen LogP contribution in [0.25, 0.3) is 6.08 Å². The van der Waals surface area contributed by atoms with Crippen LogP contribution >= 0.6 is 0 Å². The summed E-state index contributed by atoms with van der Waals surface area (Å²) in [4.78, 5) is 13.3. The lowest BCUT2D eigenvalue weighted by Gasteiger charge is -2.28. The van der Waals surface area contributed by atoms with E-state index in [-0.39, 0.29) is 5.91 Å². The molecule has 1 aliphatic rings. The van der Waals surface area contributed by atoms with Gasteiger partial charge in [0, 0.05) is 22.9 Å². The SMILES string of the molecule is COc1ccc2c(c1)OC(c1cc(OC)c(OC)c(OC)c1)C(C(=O)Nc1ccccc1)=C2. The first-order valence-electron chi connectivity index (χ1n) is 10.3. The molecule has 1 unspecified atom stereocenters. The topological polar surface area (TPSA) is 75.2 Å². The fourth-order valence-corrected chi connectivity index (χ4v) is 3.71. The minimum atomic E-state index is -0.720. The number of hydrogen-bond acceptors (Lipinski definition) is 6. The molecular weight excluding hydrogens is 422 g/mol. The number of carbonyl (C=O) groups is 1. The van der Waals surface area contributed by atoms with Gasteiger partial charge in [-0.2, -0.15) is 0 Å². The lowest BCUT2D eigenvalue weighted by molar-refractivity contribution is -0.113. The summed E-state index contributed by atoms with van der Waals surface area (Å²) in [6.45, 7) is 0. The number of methoxy groups -OCH3 is 4. The average molecular weight is 447 g/mol. The summed E-state index contributed by atoms with van der Waals surface area (Å²) in [5.74, 6) is 2.37. The molecule has 0 spiro atoms. The van der Waals surface area contributed by atoms with Crippen molar-refractivity contribution in [3.8, 4) is 28.7 Å². The second-order valence-electron chi connectivity index (χ2n) is 7.28. The van der Waals surface area contributed by atoms with E-state index in [9.17, 15) is 4.79 Å². The predicted octanol–water partition coefficient (Wildman–Crippen LogP) is 4.88. The molecule has 3 aromatic carbocycles. The lowest BCUT2D eigenvalue weighted by Crippen LogP contribution is -2.25. The van der Waals surface area contributed by atoms with Gasteiger partial charge in [-0.05, 0) is 42.5 Å². The lowest BCUT2D eigenvalue weighted by atomic mass is 9.94. The number of hydrogen-bond donors (Lipinski definition) is 1. The highest BCUT2D eigenvalue weighted by atomic mass is 16.5. The van der Waals surface area contributed by atoms with E-state index in [1.54, 1.807) is 39.5 Å². The molecule has 3 aromatic rings. The van der Waals surface area contributed by atoms with Gasteiger partial charge in [0.1, 0.15) is 11.5 Å². The first kappa shape index (κ1) is 22.1. The van der Waals surface area contributed by atoms with Crippen molar-refractivity contribution in [2.24, 2.45) is 0 Å². The van der Waals surface area contributed by atoms with Crippen LogP contribution in [0.1, 0.15) is 17.2 Å². The van der Waals surface area contributed by atoms with Gasteiger partial charge in [-0.3, -0.25) is 4.79 Å². The van der Waals surface area contributed by atoms with E-state index in [0.717, 1.165) is 5.56 Å². The highest BCUT2D eigenvalue weighted by molar-refractivity contribution is 6.08. The summed E-state index contributed by atoms with van der Waals surface area (Å²) in [5.41, 5.74) is 2.57. The zero-order valence-corrected chi connectivity index (χ0v) is 18.9. The Morgan fingerprint density at radius 2 is 1.55 bits per heavy atom. The molecule has 1 aliphatic heterocycles. The molecule has 0 aromatic heterocycles. The number of amides is 1. The first-order valence-corrected chi connectivity index (χ1v) is 10.3. The Balaban J connectivity index is 1.81. The predicted molar refractivity (Wildman–Crippen MR) is 126 cm³/mol. The van der Waals surface area contributed by atoms with Crippen LogP contribution in [0.5, 0.6) is 28.7 Å². The fourth-order valence-electron chi connectivity index (χ4n) is 3.71. The third-order valence-electron chi connectivity index (χ3n) is 5.34. The van der Waals surface area contributed by atoms with Gasteiger partial charge in [0.2, 0.25) is 5.75 Å². The largest absolute Gasteiger partial charge is 0.497 e. The van der Waals surface area contributed by atoms with Gasteiger partial charge in [0.25, 0.3) is 5.91 Å². The average Bonchev–Trinajstić information content (AvgIpc) is 2.87. The molecule has 0 aliphatic carbocycles. The molecule has 1 heterocycles. The van der Waals surface area contributed by atoms with Gasteiger partial charge in [-0.1, -0.05) is 18.2 Å².